The first-order valence-electron chi connectivity index (χ1n) is 8.46. The van der Waals surface area contributed by atoms with Gasteiger partial charge in [-0.15, -0.1) is 0 Å². The van der Waals surface area contributed by atoms with E-state index in [0.717, 1.165) is 0 Å². The summed E-state index contributed by atoms with van der Waals surface area (Å²) in [4.78, 5) is 3.88. The van der Waals surface area contributed by atoms with Gasteiger partial charge in [0.2, 0.25) is 0 Å². The first-order chi connectivity index (χ1) is 13.9. The van der Waals surface area contributed by atoms with Crippen LogP contribution in [0.5, 0.6) is 0 Å². The maximum atomic E-state index is 9.57. The molecule has 146 valence electrons. The molecule has 5 N–H and O–H groups in total. The molecule has 0 unspecified atom stereocenters. The summed E-state index contributed by atoms with van der Waals surface area (Å²) in [6.07, 6.45) is 3.60. The van der Waals surface area contributed by atoms with Crippen LogP contribution < -0.4 is 16.8 Å². The average Bonchev–Trinajstić information content (AvgIpc) is 2.74. The predicted octanol–water partition coefficient (Wildman–Crippen LogP) is 3.87. The SMILES string of the molecule is Cc1cccnc1.N#CC1=C(N)N/C(=C(/Br)CN)C(C#N)=C1c1ccccc1Cl. The number of allylic oxidation sites excluding steroid dienone is 3. The predicted molar refractivity (Wildman–Crippen MR) is 118 cm³/mol. The third-order valence-electron chi connectivity index (χ3n) is 3.91. The number of nitrogens with zero attached hydrogens (tertiary/aromatic N) is 3. The molecule has 8 heteroatoms. The molecule has 0 bridgehead atoms. The lowest BCUT2D eigenvalue weighted by Gasteiger charge is -2.23. The van der Waals surface area contributed by atoms with Crippen LogP contribution in [0, 0.1) is 29.6 Å². The zero-order chi connectivity index (χ0) is 21.4. The summed E-state index contributed by atoms with van der Waals surface area (Å²) in [5.41, 5.74) is 14.6. The molecular weight excluding hydrogens is 452 g/mol. The smallest absolute Gasteiger partial charge is 0.119 e. The van der Waals surface area contributed by atoms with Crippen LogP contribution in [-0.4, -0.2) is 11.5 Å². The van der Waals surface area contributed by atoms with Crippen LogP contribution in [0.3, 0.4) is 0 Å². The third-order valence-corrected chi connectivity index (χ3v) is 4.96. The van der Waals surface area contributed by atoms with Gasteiger partial charge in [0.15, 0.2) is 0 Å². The summed E-state index contributed by atoms with van der Waals surface area (Å²) in [6.45, 7) is 2.20. The molecule has 0 amide bonds. The number of nitriles is 2. The molecule has 29 heavy (non-hydrogen) atoms. The van der Waals surface area contributed by atoms with E-state index >= 15 is 0 Å². The molecular formula is C21H18BrClN6. The normalized spacial score (nSPS) is 14.8. The molecule has 6 nitrogen and oxygen atoms in total. The highest BCUT2D eigenvalue weighted by Crippen LogP contribution is 2.38. The van der Waals surface area contributed by atoms with Crippen LogP contribution in [-0.2, 0) is 0 Å². The van der Waals surface area contributed by atoms with E-state index in [9.17, 15) is 10.5 Å². The van der Waals surface area contributed by atoms with Gasteiger partial charge in [-0.1, -0.05) is 51.8 Å². The van der Waals surface area contributed by atoms with E-state index < -0.39 is 0 Å². The minimum atomic E-state index is 0.150. The van der Waals surface area contributed by atoms with Crippen molar-refractivity contribution in [2.45, 2.75) is 6.92 Å². The van der Waals surface area contributed by atoms with Gasteiger partial charge in [-0.2, -0.15) is 10.5 Å². The van der Waals surface area contributed by atoms with Crippen LogP contribution in [0.4, 0.5) is 0 Å². The quantitative estimate of drug-likeness (QED) is 0.613. The lowest BCUT2D eigenvalue weighted by molar-refractivity contribution is 0.928. The van der Waals surface area contributed by atoms with Crippen molar-refractivity contribution >= 4 is 33.1 Å². The highest BCUT2D eigenvalue weighted by Gasteiger charge is 2.27. The van der Waals surface area contributed by atoms with Crippen molar-refractivity contribution in [3.05, 3.63) is 92.1 Å². The Morgan fingerprint density at radius 1 is 1.17 bits per heavy atom. The van der Waals surface area contributed by atoms with Crippen LogP contribution >= 0.6 is 27.5 Å². The molecule has 1 aromatic carbocycles. The Hall–Kier alpha value is -3.10. The molecule has 0 saturated heterocycles. The lowest BCUT2D eigenvalue weighted by atomic mass is 9.89. The fraction of sp³-hybridized carbons (Fsp3) is 0.0952. The number of benzene rings is 1. The zero-order valence-corrected chi connectivity index (χ0v) is 17.9. The van der Waals surface area contributed by atoms with Gasteiger partial charge in [0.05, 0.1) is 11.3 Å². The number of nitrogens with two attached hydrogens (primary N) is 2. The van der Waals surface area contributed by atoms with Crippen molar-refractivity contribution in [3.63, 3.8) is 0 Å². The Bertz CT molecular complexity index is 1070. The fourth-order valence-electron chi connectivity index (χ4n) is 2.56. The lowest BCUT2D eigenvalue weighted by Crippen LogP contribution is -2.29. The summed E-state index contributed by atoms with van der Waals surface area (Å²) in [7, 11) is 0. The molecule has 1 aliphatic rings. The topological polar surface area (TPSA) is 125 Å². The summed E-state index contributed by atoms with van der Waals surface area (Å²) in [6, 6.07) is 15.0. The number of nitrogens with one attached hydrogen (secondary N) is 1. The molecule has 0 atom stereocenters. The van der Waals surface area contributed by atoms with Crippen molar-refractivity contribution < 1.29 is 0 Å². The van der Waals surface area contributed by atoms with Gasteiger partial charge in [-0.05, 0) is 24.6 Å². The Morgan fingerprint density at radius 2 is 1.86 bits per heavy atom. The monoisotopic (exact) mass is 468 g/mol. The number of rotatable bonds is 2. The second kappa shape index (κ2) is 10.4. The van der Waals surface area contributed by atoms with E-state index in [-0.39, 0.29) is 23.5 Å². The first kappa shape index (κ1) is 22.2. The minimum Gasteiger partial charge on any atom is -0.384 e. The molecule has 0 fully saturated rings. The number of aromatic nitrogens is 1. The van der Waals surface area contributed by atoms with Crippen molar-refractivity contribution in [2.75, 3.05) is 6.54 Å². The van der Waals surface area contributed by atoms with Crippen molar-refractivity contribution in [2.24, 2.45) is 11.5 Å². The van der Waals surface area contributed by atoms with E-state index in [1.165, 1.54) is 5.56 Å². The van der Waals surface area contributed by atoms with Gasteiger partial charge in [-0.25, -0.2) is 0 Å². The van der Waals surface area contributed by atoms with Gasteiger partial charge < -0.3 is 16.8 Å². The van der Waals surface area contributed by atoms with Crippen molar-refractivity contribution in [3.8, 4) is 12.1 Å². The Balaban J connectivity index is 0.000000360. The van der Waals surface area contributed by atoms with Crippen LogP contribution in [0.2, 0.25) is 5.02 Å². The third kappa shape index (κ3) is 5.24. The number of aryl methyl sites for hydroxylation is 1. The summed E-state index contributed by atoms with van der Waals surface area (Å²) in [5, 5.41) is 22.3. The van der Waals surface area contributed by atoms with Gasteiger partial charge in [0, 0.05) is 39.6 Å². The number of pyridine rings is 1. The van der Waals surface area contributed by atoms with Crippen LogP contribution in [0.25, 0.3) is 5.57 Å². The molecule has 1 aromatic heterocycles. The molecule has 0 aliphatic carbocycles. The highest BCUT2D eigenvalue weighted by molar-refractivity contribution is 9.11. The molecule has 3 rings (SSSR count). The van der Waals surface area contributed by atoms with E-state index in [4.69, 9.17) is 23.1 Å². The van der Waals surface area contributed by atoms with Crippen LogP contribution in [0.15, 0.2) is 75.9 Å². The standard InChI is InChI=1S/C15H11BrClN5.C6H7N/c16-11(7-20)14-9(5-18)13(10(6-19)15(21)22-14)8-3-1-2-4-12(8)17;1-6-3-2-4-7-5-6/h1-4,22H,7,20-21H2;2-5H,1H3/b14-11+;. The second-order valence-corrected chi connectivity index (χ2v) is 7.25. The first-order valence-corrected chi connectivity index (χ1v) is 9.63. The average molecular weight is 470 g/mol. The van der Waals surface area contributed by atoms with E-state index in [1.807, 2.05) is 31.3 Å². The van der Waals surface area contributed by atoms with E-state index in [0.29, 0.717) is 26.3 Å². The molecule has 2 heterocycles. The van der Waals surface area contributed by atoms with E-state index in [2.05, 4.69) is 32.3 Å². The molecule has 0 spiro atoms. The maximum absolute atomic E-state index is 9.57. The Labute approximate surface area is 182 Å². The van der Waals surface area contributed by atoms with Crippen molar-refractivity contribution in [1.82, 2.24) is 10.3 Å². The van der Waals surface area contributed by atoms with E-state index in [1.54, 1.807) is 30.5 Å². The van der Waals surface area contributed by atoms with Gasteiger partial charge >= 0.3 is 0 Å². The molecule has 0 saturated carbocycles. The van der Waals surface area contributed by atoms with Crippen molar-refractivity contribution in [1.29, 1.82) is 10.5 Å². The summed E-state index contributed by atoms with van der Waals surface area (Å²) in [5.74, 6) is 0.150. The zero-order valence-electron chi connectivity index (χ0n) is 15.6. The second-order valence-electron chi connectivity index (χ2n) is 5.88. The number of halogens is 2. The van der Waals surface area contributed by atoms with Gasteiger partial charge in [-0.3, -0.25) is 4.98 Å². The van der Waals surface area contributed by atoms with Gasteiger partial charge in [0.25, 0.3) is 0 Å². The minimum absolute atomic E-state index is 0.150. The molecule has 0 radical (unpaired) electrons. The fourth-order valence-corrected chi connectivity index (χ4v) is 3.09. The number of dihydropyridines is 1. The number of hydrogen-bond donors (Lipinski definition) is 3. The molecule has 2 aromatic rings. The van der Waals surface area contributed by atoms with Crippen LogP contribution in [0.1, 0.15) is 11.1 Å². The summed E-state index contributed by atoms with van der Waals surface area (Å²) < 4.78 is 0.577. The highest BCUT2D eigenvalue weighted by atomic mass is 79.9. The Kier molecular flexibility index (Phi) is 7.99. The largest absolute Gasteiger partial charge is 0.384 e. The summed E-state index contributed by atoms with van der Waals surface area (Å²) >= 11 is 9.54. The molecule has 1 aliphatic heterocycles. The van der Waals surface area contributed by atoms with Gasteiger partial charge in [0.1, 0.15) is 23.5 Å². The maximum Gasteiger partial charge on any atom is 0.119 e. The Morgan fingerprint density at radius 3 is 2.34 bits per heavy atom. The number of hydrogen-bond acceptors (Lipinski definition) is 6.